The summed E-state index contributed by atoms with van der Waals surface area (Å²) in [6.45, 7) is 6.54. The molecule has 0 aromatic carbocycles. The maximum atomic E-state index is 13.0. The second-order valence-corrected chi connectivity index (χ2v) is 24.1. The number of carbonyl (C=O) groups excluding carboxylic acids is 3. The van der Waals surface area contributed by atoms with E-state index in [1.165, 1.54) is 218 Å². The van der Waals surface area contributed by atoms with Gasteiger partial charge in [0.25, 0.3) is 0 Å². The largest absolute Gasteiger partial charge is 0.462 e. The third-order valence-corrected chi connectivity index (χ3v) is 15.9. The molecule has 0 saturated heterocycles. The van der Waals surface area contributed by atoms with Crippen molar-refractivity contribution in [3.05, 3.63) is 85.1 Å². The van der Waals surface area contributed by atoms with Gasteiger partial charge in [-0.3, -0.25) is 14.4 Å². The highest BCUT2D eigenvalue weighted by atomic mass is 16.6. The van der Waals surface area contributed by atoms with Crippen molar-refractivity contribution >= 4 is 17.9 Å². The van der Waals surface area contributed by atoms with Gasteiger partial charge in [-0.15, -0.1) is 0 Å². The molecule has 0 fully saturated rings. The molecule has 0 heterocycles. The predicted octanol–water partition coefficient (Wildman–Crippen LogP) is 25.0. The molecule has 0 N–H and O–H groups in total. The smallest absolute Gasteiger partial charge is 0.306 e. The highest BCUT2D eigenvalue weighted by Gasteiger charge is 2.19. The van der Waals surface area contributed by atoms with E-state index in [0.29, 0.717) is 19.3 Å². The fourth-order valence-electron chi connectivity index (χ4n) is 10.5. The molecule has 1 atom stereocenters. The molecule has 0 aliphatic carbocycles. The van der Waals surface area contributed by atoms with Crippen molar-refractivity contribution in [2.45, 2.75) is 374 Å². The van der Waals surface area contributed by atoms with Gasteiger partial charge in [-0.25, -0.2) is 0 Å². The fourth-order valence-corrected chi connectivity index (χ4v) is 10.5. The fraction of sp³-hybridized carbons (Fsp3) is 0.779. The summed E-state index contributed by atoms with van der Waals surface area (Å²) >= 11 is 0. The molecular weight excluding hydrogens is 1020 g/mol. The molecule has 0 radical (unpaired) electrons. The first-order valence-corrected chi connectivity index (χ1v) is 36.1. The van der Waals surface area contributed by atoms with E-state index >= 15 is 0 Å². The standard InChI is InChI=1S/C77H136O6/c1-4-7-10-13-16-19-22-25-27-29-31-33-35-37-39-41-42-44-46-48-50-52-55-58-61-64-67-70-76(79)82-73-74(72-81-75(78)69-66-63-60-57-54-24-21-18-15-12-9-6-3)83-77(80)71-68-65-62-59-56-53-51-49-47-45-43-40-38-36-34-32-30-28-26-23-20-17-14-11-8-5-2/h7,10,16,18-19,21,25,27,31,33,37,39,42,44,74H,4-6,8-9,11-15,17,20,22-24,26,28-30,32,34-36,38,40-41,43,45-73H2,1-3H3/b10-7-,19-16-,21-18-,27-25-,33-31-,39-37-,44-42-. The molecule has 0 bridgehead atoms. The molecular formula is C77H136O6. The summed E-state index contributed by atoms with van der Waals surface area (Å²) in [5, 5.41) is 0. The minimum atomic E-state index is -0.783. The van der Waals surface area contributed by atoms with E-state index in [2.05, 4.69) is 106 Å². The summed E-state index contributed by atoms with van der Waals surface area (Å²) in [4.78, 5) is 38.4. The Bertz CT molecular complexity index is 1570. The van der Waals surface area contributed by atoms with Crippen LogP contribution < -0.4 is 0 Å². The van der Waals surface area contributed by atoms with E-state index < -0.39 is 6.10 Å². The summed E-state index contributed by atoms with van der Waals surface area (Å²) in [6.07, 6.45) is 94.8. The van der Waals surface area contributed by atoms with Gasteiger partial charge in [0.05, 0.1) is 0 Å². The Hall–Kier alpha value is -3.41. The highest BCUT2D eigenvalue weighted by molar-refractivity contribution is 5.71. The molecule has 6 heteroatoms. The van der Waals surface area contributed by atoms with Crippen LogP contribution in [0.1, 0.15) is 367 Å². The summed E-state index contributed by atoms with van der Waals surface area (Å²) in [6, 6.07) is 0. The lowest BCUT2D eigenvalue weighted by atomic mass is 10.0. The lowest BCUT2D eigenvalue weighted by molar-refractivity contribution is -0.167. The number of allylic oxidation sites excluding steroid dienone is 14. The number of ether oxygens (including phenoxy) is 3. The molecule has 0 aromatic rings. The van der Waals surface area contributed by atoms with Crippen LogP contribution in [0.5, 0.6) is 0 Å². The van der Waals surface area contributed by atoms with E-state index in [-0.39, 0.29) is 31.1 Å². The zero-order chi connectivity index (χ0) is 59.9. The molecule has 0 rings (SSSR count). The van der Waals surface area contributed by atoms with Crippen LogP contribution in [0.15, 0.2) is 85.1 Å². The van der Waals surface area contributed by atoms with E-state index in [9.17, 15) is 14.4 Å². The predicted molar refractivity (Wildman–Crippen MR) is 362 cm³/mol. The molecule has 0 saturated carbocycles. The van der Waals surface area contributed by atoms with E-state index in [0.717, 1.165) is 109 Å². The first-order valence-electron chi connectivity index (χ1n) is 36.1. The molecule has 0 amide bonds. The molecule has 480 valence electrons. The number of unbranched alkanes of at least 4 members (excludes halogenated alkanes) is 41. The molecule has 6 nitrogen and oxygen atoms in total. The van der Waals surface area contributed by atoms with Gasteiger partial charge in [0.2, 0.25) is 0 Å². The first-order chi connectivity index (χ1) is 41.0. The normalized spacial score (nSPS) is 12.6. The van der Waals surface area contributed by atoms with Crippen molar-refractivity contribution in [1.29, 1.82) is 0 Å². The molecule has 0 aliphatic heterocycles. The van der Waals surface area contributed by atoms with Gasteiger partial charge < -0.3 is 14.2 Å². The van der Waals surface area contributed by atoms with Crippen molar-refractivity contribution in [1.82, 2.24) is 0 Å². The van der Waals surface area contributed by atoms with Gasteiger partial charge in [0.1, 0.15) is 13.2 Å². The lowest BCUT2D eigenvalue weighted by Gasteiger charge is -2.18. The van der Waals surface area contributed by atoms with Crippen molar-refractivity contribution in [2.75, 3.05) is 13.2 Å². The SMILES string of the molecule is CC/C=C\C/C=C\C/C=C\C/C=C\C/C=C\C/C=C\CCCCCCCCCCC(=O)OCC(COC(=O)CCCCCCC/C=C\CCCCC)OC(=O)CCCCCCCCCCCCCCCCCCCCCCCCCCCC. The number of hydrogen-bond donors (Lipinski definition) is 0. The van der Waals surface area contributed by atoms with Gasteiger partial charge in [-0.05, 0) is 96.3 Å². The Morgan fingerprint density at radius 1 is 0.253 bits per heavy atom. The number of hydrogen-bond acceptors (Lipinski definition) is 6. The van der Waals surface area contributed by atoms with Gasteiger partial charge >= 0.3 is 17.9 Å². The summed E-state index contributed by atoms with van der Waals surface area (Å²) in [5.74, 6) is -0.877. The third kappa shape index (κ3) is 69.3. The Morgan fingerprint density at radius 3 is 0.771 bits per heavy atom. The number of esters is 3. The molecule has 1 unspecified atom stereocenters. The lowest BCUT2D eigenvalue weighted by Crippen LogP contribution is -2.30. The summed E-state index contributed by atoms with van der Waals surface area (Å²) < 4.78 is 17.0. The van der Waals surface area contributed by atoms with E-state index in [1.807, 2.05) is 0 Å². The second kappa shape index (κ2) is 71.1. The maximum Gasteiger partial charge on any atom is 0.306 e. The minimum Gasteiger partial charge on any atom is -0.462 e. The average Bonchev–Trinajstić information content (AvgIpc) is 3.49. The van der Waals surface area contributed by atoms with Crippen LogP contribution in [0.25, 0.3) is 0 Å². The second-order valence-electron chi connectivity index (χ2n) is 24.1. The van der Waals surface area contributed by atoms with Crippen LogP contribution in [0.3, 0.4) is 0 Å². The van der Waals surface area contributed by atoms with Crippen molar-refractivity contribution in [3.8, 4) is 0 Å². The van der Waals surface area contributed by atoms with Crippen LogP contribution in [0, 0.1) is 0 Å². The van der Waals surface area contributed by atoms with E-state index in [1.54, 1.807) is 0 Å². The minimum absolute atomic E-state index is 0.0800. The molecule has 83 heavy (non-hydrogen) atoms. The first kappa shape index (κ1) is 79.6. The summed E-state index contributed by atoms with van der Waals surface area (Å²) in [7, 11) is 0. The van der Waals surface area contributed by atoms with Crippen LogP contribution in [0.2, 0.25) is 0 Å². The Labute approximate surface area is 515 Å². The zero-order valence-electron chi connectivity index (χ0n) is 55.2. The quantitative estimate of drug-likeness (QED) is 0.0261. The van der Waals surface area contributed by atoms with Crippen LogP contribution in [-0.2, 0) is 28.6 Å². The van der Waals surface area contributed by atoms with Gasteiger partial charge in [-0.2, -0.15) is 0 Å². The van der Waals surface area contributed by atoms with Crippen LogP contribution in [0.4, 0.5) is 0 Å². The highest BCUT2D eigenvalue weighted by Crippen LogP contribution is 2.18. The Morgan fingerprint density at radius 2 is 0.470 bits per heavy atom. The monoisotopic (exact) mass is 1160 g/mol. The zero-order valence-corrected chi connectivity index (χ0v) is 55.2. The van der Waals surface area contributed by atoms with Gasteiger partial charge in [0, 0.05) is 19.3 Å². The number of carbonyl (C=O) groups is 3. The summed E-state index contributed by atoms with van der Waals surface area (Å²) in [5.41, 5.74) is 0. The van der Waals surface area contributed by atoms with Crippen molar-refractivity contribution in [3.63, 3.8) is 0 Å². The topological polar surface area (TPSA) is 78.9 Å². The third-order valence-electron chi connectivity index (χ3n) is 15.9. The molecule has 0 aliphatic rings. The van der Waals surface area contributed by atoms with Crippen molar-refractivity contribution in [2.24, 2.45) is 0 Å². The Kier molecular flexibility index (Phi) is 68.2. The Balaban J connectivity index is 4.25. The van der Waals surface area contributed by atoms with E-state index in [4.69, 9.17) is 14.2 Å². The van der Waals surface area contributed by atoms with Crippen LogP contribution >= 0.6 is 0 Å². The van der Waals surface area contributed by atoms with Crippen molar-refractivity contribution < 1.29 is 28.6 Å². The number of rotatable bonds is 66. The maximum absolute atomic E-state index is 13.0. The van der Waals surface area contributed by atoms with Gasteiger partial charge in [0.15, 0.2) is 6.10 Å². The molecule has 0 aromatic heterocycles. The van der Waals surface area contributed by atoms with Crippen LogP contribution in [-0.4, -0.2) is 37.2 Å². The molecule has 0 spiro atoms. The average molecular weight is 1160 g/mol. The van der Waals surface area contributed by atoms with Gasteiger partial charge in [-0.1, -0.05) is 337 Å².